The van der Waals surface area contributed by atoms with Gasteiger partial charge in [-0.2, -0.15) is 0 Å². The standard InChI is InChI=1S/C11H11NO4/c1-6(11(13)14)10-8-5-7(15-2)3-4-9(8)12-16-10/h3-6H,1-2H3,(H,13,14). The van der Waals surface area contributed by atoms with Gasteiger partial charge in [0.15, 0.2) is 5.76 Å². The highest BCUT2D eigenvalue weighted by molar-refractivity contribution is 5.87. The Kier molecular flexibility index (Phi) is 2.52. The molecule has 0 saturated heterocycles. The number of nitrogens with zero attached hydrogens (tertiary/aromatic N) is 1. The van der Waals surface area contributed by atoms with Crippen LogP contribution in [0.3, 0.4) is 0 Å². The number of carboxylic acids is 1. The third-order valence-electron chi connectivity index (χ3n) is 2.48. The van der Waals surface area contributed by atoms with E-state index in [1.807, 2.05) is 0 Å². The molecule has 1 atom stereocenters. The van der Waals surface area contributed by atoms with Crippen molar-refractivity contribution in [3.05, 3.63) is 24.0 Å². The van der Waals surface area contributed by atoms with Gasteiger partial charge in [-0.1, -0.05) is 5.16 Å². The van der Waals surface area contributed by atoms with E-state index >= 15 is 0 Å². The first-order valence-electron chi connectivity index (χ1n) is 4.79. The van der Waals surface area contributed by atoms with Crippen LogP contribution in [0.25, 0.3) is 10.9 Å². The van der Waals surface area contributed by atoms with E-state index in [-0.39, 0.29) is 0 Å². The summed E-state index contributed by atoms with van der Waals surface area (Å²) >= 11 is 0. The number of ether oxygens (including phenoxy) is 1. The average molecular weight is 221 g/mol. The SMILES string of the molecule is COc1ccc2noc(C(C)C(=O)O)c2c1. The van der Waals surface area contributed by atoms with Crippen LogP contribution in [0.2, 0.25) is 0 Å². The van der Waals surface area contributed by atoms with Gasteiger partial charge in [0.1, 0.15) is 17.2 Å². The molecular weight excluding hydrogens is 210 g/mol. The summed E-state index contributed by atoms with van der Waals surface area (Å²) in [4.78, 5) is 10.9. The van der Waals surface area contributed by atoms with E-state index < -0.39 is 11.9 Å². The van der Waals surface area contributed by atoms with E-state index in [9.17, 15) is 4.79 Å². The first-order valence-corrected chi connectivity index (χ1v) is 4.79. The molecule has 1 aromatic carbocycles. The average Bonchev–Trinajstić information content (AvgIpc) is 2.70. The number of benzene rings is 1. The molecule has 5 heteroatoms. The highest BCUT2D eigenvalue weighted by Gasteiger charge is 2.21. The fourth-order valence-electron chi connectivity index (χ4n) is 1.49. The van der Waals surface area contributed by atoms with Crippen LogP contribution in [0, 0.1) is 0 Å². The van der Waals surface area contributed by atoms with Crippen LogP contribution < -0.4 is 4.74 Å². The highest BCUT2D eigenvalue weighted by atomic mass is 16.5. The maximum absolute atomic E-state index is 10.9. The van der Waals surface area contributed by atoms with Gasteiger partial charge in [-0.15, -0.1) is 0 Å². The summed E-state index contributed by atoms with van der Waals surface area (Å²) in [6.07, 6.45) is 0. The largest absolute Gasteiger partial charge is 0.497 e. The van der Waals surface area contributed by atoms with Crippen molar-refractivity contribution in [3.8, 4) is 5.75 Å². The highest BCUT2D eigenvalue weighted by Crippen LogP contribution is 2.28. The molecule has 1 aromatic heterocycles. The van der Waals surface area contributed by atoms with Gasteiger partial charge in [0.2, 0.25) is 0 Å². The Morgan fingerprint density at radius 2 is 2.31 bits per heavy atom. The second-order valence-electron chi connectivity index (χ2n) is 3.49. The van der Waals surface area contributed by atoms with Crippen molar-refractivity contribution in [1.29, 1.82) is 0 Å². The van der Waals surface area contributed by atoms with E-state index in [1.165, 1.54) is 0 Å². The molecule has 0 radical (unpaired) electrons. The molecule has 16 heavy (non-hydrogen) atoms. The minimum atomic E-state index is -0.944. The fourth-order valence-corrected chi connectivity index (χ4v) is 1.49. The maximum Gasteiger partial charge on any atom is 0.314 e. The lowest BCUT2D eigenvalue weighted by Gasteiger charge is -2.02. The number of carboxylic acid groups (broad SMARTS) is 1. The molecule has 2 aromatic rings. The third-order valence-corrected chi connectivity index (χ3v) is 2.48. The molecule has 0 aliphatic carbocycles. The Balaban J connectivity index is 2.57. The van der Waals surface area contributed by atoms with E-state index in [1.54, 1.807) is 32.2 Å². The van der Waals surface area contributed by atoms with Crippen LogP contribution in [-0.4, -0.2) is 23.3 Å². The molecule has 1 heterocycles. The number of aromatic nitrogens is 1. The van der Waals surface area contributed by atoms with Gasteiger partial charge in [0, 0.05) is 5.39 Å². The quantitative estimate of drug-likeness (QED) is 0.858. The molecule has 0 bridgehead atoms. The molecule has 0 aliphatic rings. The number of carbonyl (C=O) groups is 1. The second kappa shape index (κ2) is 3.84. The van der Waals surface area contributed by atoms with Gasteiger partial charge in [-0.3, -0.25) is 4.79 Å². The Morgan fingerprint density at radius 1 is 1.56 bits per heavy atom. The van der Waals surface area contributed by atoms with Crippen molar-refractivity contribution in [2.45, 2.75) is 12.8 Å². The van der Waals surface area contributed by atoms with E-state index in [0.717, 1.165) is 0 Å². The van der Waals surface area contributed by atoms with Crippen LogP contribution >= 0.6 is 0 Å². The zero-order valence-corrected chi connectivity index (χ0v) is 8.93. The van der Waals surface area contributed by atoms with Crippen LogP contribution in [0.15, 0.2) is 22.7 Å². The number of methoxy groups -OCH3 is 1. The Morgan fingerprint density at radius 3 is 2.94 bits per heavy atom. The molecule has 1 N–H and O–H groups in total. The number of aliphatic carboxylic acids is 1. The minimum Gasteiger partial charge on any atom is -0.497 e. The van der Waals surface area contributed by atoms with Crippen molar-refractivity contribution in [2.24, 2.45) is 0 Å². The molecule has 0 aliphatic heterocycles. The van der Waals surface area contributed by atoms with Crippen molar-refractivity contribution in [2.75, 3.05) is 7.11 Å². The van der Waals surface area contributed by atoms with Crippen LogP contribution in [0.1, 0.15) is 18.6 Å². The molecule has 2 rings (SSSR count). The predicted octanol–water partition coefficient (Wildman–Crippen LogP) is 2.02. The van der Waals surface area contributed by atoms with Gasteiger partial charge in [0.05, 0.1) is 7.11 Å². The number of hydrogen-bond acceptors (Lipinski definition) is 4. The van der Waals surface area contributed by atoms with E-state index in [4.69, 9.17) is 14.4 Å². The predicted molar refractivity (Wildman–Crippen MR) is 56.6 cm³/mol. The van der Waals surface area contributed by atoms with Gasteiger partial charge >= 0.3 is 5.97 Å². The summed E-state index contributed by atoms with van der Waals surface area (Å²) < 4.78 is 10.1. The number of hydrogen-bond donors (Lipinski definition) is 1. The Bertz CT molecular complexity index is 532. The fraction of sp³-hybridized carbons (Fsp3) is 0.273. The zero-order valence-electron chi connectivity index (χ0n) is 8.93. The van der Waals surface area contributed by atoms with Crippen LogP contribution in [-0.2, 0) is 4.79 Å². The summed E-state index contributed by atoms with van der Waals surface area (Å²) in [6.45, 7) is 1.56. The molecule has 0 saturated carbocycles. The van der Waals surface area contributed by atoms with E-state index in [2.05, 4.69) is 5.16 Å². The lowest BCUT2D eigenvalue weighted by molar-refractivity contribution is -0.138. The Hall–Kier alpha value is -2.04. The van der Waals surface area contributed by atoms with Gasteiger partial charge < -0.3 is 14.4 Å². The topological polar surface area (TPSA) is 72.6 Å². The smallest absolute Gasteiger partial charge is 0.314 e. The first kappa shape index (κ1) is 10.5. The molecule has 1 unspecified atom stereocenters. The molecule has 5 nitrogen and oxygen atoms in total. The summed E-state index contributed by atoms with van der Waals surface area (Å²) in [6, 6.07) is 5.20. The normalized spacial score (nSPS) is 12.6. The lowest BCUT2D eigenvalue weighted by Crippen LogP contribution is -2.06. The van der Waals surface area contributed by atoms with Gasteiger partial charge in [0.25, 0.3) is 0 Å². The van der Waals surface area contributed by atoms with Gasteiger partial charge in [-0.25, -0.2) is 0 Å². The van der Waals surface area contributed by atoms with E-state index in [0.29, 0.717) is 22.4 Å². The monoisotopic (exact) mass is 221 g/mol. The van der Waals surface area contributed by atoms with Crippen molar-refractivity contribution in [3.63, 3.8) is 0 Å². The van der Waals surface area contributed by atoms with Crippen LogP contribution in [0.5, 0.6) is 5.75 Å². The van der Waals surface area contributed by atoms with Gasteiger partial charge in [-0.05, 0) is 25.1 Å². The lowest BCUT2D eigenvalue weighted by atomic mass is 10.1. The summed E-state index contributed by atoms with van der Waals surface area (Å²) in [5.41, 5.74) is 0.629. The summed E-state index contributed by atoms with van der Waals surface area (Å²) in [5.74, 6) is -0.672. The molecule has 0 amide bonds. The minimum absolute atomic E-state index is 0.349. The summed E-state index contributed by atoms with van der Waals surface area (Å²) in [5, 5.41) is 13.4. The zero-order chi connectivity index (χ0) is 11.7. The Labute approximate surface area is 91.6 Å². The molecule has 0 fully saturated rings. The van der Waals surface area contributed by atoms with Crippen molar-refractivity contribution < 1.29 is 19.2 Å². The maximum atomic E-state index is 10.9. The molecule has 84 valence electrons. The molecular formula is C11H11NO4. The summed E-state index contributed by atoms with van der Waals surface area (Å²) in [7, 11) is 1.55. The first-order chi connectivity index (χ1) is 7.63. The van der Waals surface area contributed by atoms with Crippen molar-refractivity contribution in [1.82, 2.24) is 5.16 Å². The van der Waals surface area contributed by atoms with Crippen molar-refractivity contribution >= 4 is 16.9 Å². The van der Waals surface area contributed by atoms with Crippen LogP contribution in [0.4, 0.5) is 0 Å². The number of fused-ring (bicyclic) bond motifs is 1. The molecule has 0 spiro atoms. The number of rotatable bonds is 3. The third kappa shape index (κ3) is 1.60. The second-order valence-corrected chi connectivity index (χ2v) is 3.49.